The van der Waals surface area contributed by atoms with Gasteiger partial charge >= 0.3 is 11.6 Å². The van der Waals surface area contributed by atoms with Crippen molar-refractivity contribution in [2.75, 3.05) is 13.2 Å². The second-order valence-electron chi connectivity index (χ2n) is 5.64. The first kappa shape index (κ1) is 16.0. The molecule has 1 amide bonds. The third kappa shape index (κ3) is 3.40. The summed E-state index contributed by atoms with van der Waals surface area (Å²) in [5, 5.41) is 11.9. The highest BCUT2D eigenvalue weighted by atomic mass is 16.5. The molecule has 2 N–H and O–H groups in total. The van der Waals surface area contributed by atoms with Gasteiger partial charge in [0, 0.05) is 23.6 Å². The van der Waals surface area contributed by atoms with E-state index in [0.29, 0.717) is 11.3 Å². The van der Waals surface area contributed by atoms with Gasteiger partial charge in [-0.3, -0.25) is 9.59 Å². The lowest BCUT2D eigenvalue weighted by Crippen LogP contribution is -2.30. The molecule has 0 atom stereocenters. The Balaban J connectivity index is 1.68. The fourth-order valence-corrected chi connectivity index (χ4v) is 2.86. The number of hydrogen-bond donors (Lipinski definition) is 2. The molecule has 2 aromatic rings. The molecule has 0 saturated carbocycles. The van der Waals surface area contributed by atoms with Crippen molar-refractivity contribution in [3.63, 3.8) is 0 Å². The zero-order chi connectivity index (χ0) is 17.1. The second kappa shape index (κ2) is 6.74. The Bertz CT molecular complexity index is 854. The Morgan fingerprint density at radius 1 is 1.25 bits per heavy atom. The number of carbonyl (C=O) groups is 2. The number of carbonyl (C=O) groups excluding carboxylic acids is 1. The highest BCUT2D eigenvalue weighted by Crippen LogP contribution is 2.29. The van der Waals surface area contributed by atoms with Crippen LogP contribution in [-0.2, 0) is 22.4 Å². The number of carboxylic acids is 1. The molecule has 7 heteroatoms. The summed E-state index contributed by atoms with van der Waals surface area (Å²) >= 11 is 0. The van der Waals surface area contributed by atoms with Crippen LogP contribution in [0.25, 0.3) is 11.0 Å². The van der Waals surface area contributed by atoms with Gasteiger partial charge in [-0.15, -0.1) is 0 Å². The zero-order valence-electron chi connectivity index (χ0n) is 13.0. The highest BCUT2D eigenvalue weighted by molar-refractivity contribution is 5.83. The average molecular weight is 331 g/mol. The summed E-state index contributed by atoms with van der Waals surface area (Å²) in [4.78, 5) is 33.9. The van der Waals surface area contributed by atoms with Gasteiger partial charge in [-0.1, -0.05) is 0 Å². The number of hydrogen-bond acceptors (Lipinski definition) is 5. The maximum Gasteiger partial charge on any atom is 0.339 e. The van der Waals surface area contributed by atoms with E-state index in [1.165, 1.54) is 0 Å². The topological polar surface area (TPSA) is 106 Å². The molecule has 1 aromatic carbocycles. The molecule has 3 rings (SSSR count). The number of nitrogens with one attached hydrogen (secondary N) is 1. The van der Waals surface area contributed by atoms with Crippen molar-refractivity contribution in [1.82, 2.24) is 5.32 Å². The Morgan fingerprint density at radius 3 is 2.83 bits per heavy atom. The Labute approximate surface area is 137 Å². The van der Waals surface area contributed by atoms with E-state index in [1.807, 2.05) is 6.07 Å². The SMILES string of the molecule is O=C(O)CCNC(=O)COc1ccc2c3c(c(=O)oc2c1)CCC3. The average Bonchev–Trinajstić information content (AvgIpc) is 3.03. The minimum Gasteiger partial charge on any atom is -0.484 e. The fourth-order valence-electron chi connectivity index (χ4n) is 2.86. The van der Waals surface area contributed by atoms with Crippen molar-refractivity contribution in [2.24, 2.45) is 0 Å². The standard InChI is InChI=1S/C17H17NO6/c19-15(18-7-6-16(20)21)9-23-10-4-5-12-11-2-1-3-13(11)17(22)24-14(12)8-10/h4-5,8H,1-3,6-7,9H2,(H,18,19)(H,20,21). The van der Waals surface area contributed by atoms with Crippen LogP contribution in [0.1, 0.15) is 24.0 Å². The van der Waals surface area contributed by atoms with E-state index >= 15 is 0 Å². The minimum atomic E-state index is -0.978. The van der Waals surface area contributed by atoms with E-state index in [9.17, 15) is 14.4 Å². The molecule has 0 saturated heterocycles. The van der Waals surface area contributed by atoms with E-state index in [4.69, 9.17) is 14.3 Å². The van der Waals surface area contributed by atoms with E-state index in [1.54, 1.807) is 12.1 Å². The molecular weight excluding hydrogens is 314 g/mol. The molecule has 0 bridgehead atoms. The molecule has 0 fully saturated rings. The van der Waals surface area contributed by atoms with E-state index < -0.39 is 11.9 Å². The van der Waals surface area contributed by atoms with Gasteiger partial charge in [0.1, 0.15) is 11.3 Å². The first-order chi connectivity index (χ1) is 11.5. The third-order valence-electron chi connectivity index (χ3n) is 3.98. The quantitative estimate of drug-likeness (QED) is 0.772. The molecule has 1 heterocycles. The summed E-state index contributed by atoms with van der Waals surface area (Å²) in [5.74, 6) is -0.975. The van der Waals surface area contributed by atoms with Gasteiger partial charge in [0.2, 0.25) is 0 Å². The third-order valence-corrected chi connectivity index (χ3v) is 3.98. The lowest BCUT2D eigenvalue weighted by molar-refractivity contribution is -0.137. The highest BCUT2D eigenvalue weighted by Gasteiger charge is 2.19. The molecule has 0 unspecified atom stereocenters. The predicted octanol–water partition coefficient (Wildman–Crippen LogP) is 1.25. The Kier molecular flexibility index (Phi) is 4.50. The van der Waals surface area contributed by atoms with Gasteiger partial charge in [-0.2, -0.15) is 0 Å². The molecular formula is C17H17NO6. The van der Waals surface area contributed by atoms with E-state index in [0.717, 1.165) is 35.8 Å². The van der Waals surface area contributed by atoms with Gasteiger partial charge in [0.15, 0.2) is 6.61 Å². The summed E-state index contributed by atoms with van der Waals surface area (Å²) in [6.45, 7) is -0.184. The van der Waals surface area contributed by atoms with Crippen LogP contribution in [0, 0.1) is 0 Å². The van der Waals surface area contributed by atoms with Crippen LogP contribution in [0.15, 0.2) is 27.4 Å². The monoisotopic (exact) mass is 331 g/mol. The van der Waals surface area contributed by atoms with Crippen LogP contribution in [0.2, 0.25) is 0 Å². The van der Waals surface area contributed by atoms with E-state index in [-0.39, 0.29) is 25.2 Å². The van der Waals surface area contributed by atoms with Crippen molar-refractivity contribution >= 4 is 22.8 Å². The molecule has 0 radical (unpaired) electrons. The van der Waals surface area contributed by atoms with Crippen LogP contribution < -0.4 is 15.7 Å². The molecule has 0 spiro atoms. The second-order valence-corrected chi connectivity index (χ2v) is 5.64. The number of benzene rings is 1. The van der Waals surface area contributed by atoms with E-state index in [2.05, 4.69) is 5.32 Å². The Morgan fingerprint density at radius 2 is 2.04 bits per heavy atom. The molecule has 24 heavy (non-hydrogen) atoms. The number of fused-ring (bicyclic) bond motifs is 3. The molecule has 0 aliphatic heterocycles. The predicted molar refractivity (Wildman–Crippen MR) is 85.3 cm³/mol. The summed E-state index contributed by atoms with van der Waals surface area (Å²) in [6, 6.07) is 5.16. The summed E-state index contributed by atoms with van der Waals surface area (Å²) in [6.07, 6.45) is 2.43. The van der Waals surface area contributed by atoms with Crippen molar-refractivity contribution in [2.45, 2.75) is 25.7 Å². The molecule has 1 aliphatic rings. The van der Waals surface area contributed by atoms with Crippen molar-refractivity contribution in [3.05, 3.63) is 39.7 Å². The van der Waals surface area contributed by atoms with Gasteiger partial charge < -0.3 is 19.6 Å². The summed E-state index contributed by atoms with van der Waals surface area (Å²) in [7, 11) is 0. The lowest BCUT2D eigenvalue weighted by atomic mass is 10.1. The van der Waals surface area contributed by atoms with Crippen molar-refractivity contribution in [3.8, 4) is 5.75 Å². The number of rotatable bonds is 6. The van der Waals surface area contributed by atoms with Gasteiger partial charge in [0.25, 0.3) is 5.91 Å². The maximum atomic E-state index is 12.0. The lowest BCUT2D eigenvalue weighted by Gasteiger charge is -2.09. The van der Waals surface area contributed by atoms with Crippen molar-refractivity contribution in [1.29, 1.82) is 0 Å². The molecule has 1 aromatic heterocycles. The molecule has 7 nitrogen and oxygen atoms in total. The van der Waals surface area contributed by atoms with Crippen molar-refractivity contribution < 1.29 is 23.8 Å². The van der Waals surface area contributed by atoms with Crippen LogP contribution in [0.4, 0.5) is 0 Å². The largest absolute Gasteiger partial charge is 0.484 e. The van der Waals surface area contributed by atoms with Gasteiger partial charge in [0.05, 0.1) is 6.42 Å². The fraction of sp³-hybridized carbons (Fsp3) is 0.353. The number of ether oxygens (including phenoxy) is 1. The van der Waals surface area contributed by atoms with Gasteiger partial charge in [-0.05, 0) is 37.0 Å². The molecule has 1 aliphatic carbocycles. The van der Waals surface area contributed by atoms with Crippen LogP contribution in [0.5, 0.6) is 5.75 Å². The molecule has 126 valence electrons. The number of aliphatic carboxylic acids is 1. The van der Waals surface area contributed by atoms with Crippen LogP contribution in [0.3, 0.4) is 0 Å². The normalized spacial score (nSPS) is 12.8. The maximum absolute atomic E-state index is 12.0. The number of aryl methyl sites for hydroxylation is 1. The first-order valence-electron chi connectivity index (χ1n) is 7.74. The Hall–Kier alpha value is -2.83. The number of carboxylic acid groups (broad SMARTS) is 1. The number of amides is 1. The van der Waals surface area contributed by atoms with Crippen LogP contribution >= 0.6 is 0 Å². The summed E-state index contributed by atoms with van der Waals surface area (Å²) in [5.41, 5.74) is 1.94. The van der Waals surface area contributed by atoms with Crippen LogP contribution in [-0.4, -0.2) is 30.1 Å². The first-order valence-corrected chi connectivity index (χ1v) is 7.74. The van der Waals surface area contributed by atoms with Gasteiger partial charge in [-0.25, -0.2) is 4.79 Å². The summed E-state index contributed by atoms with van der Waals surface area (Å²) < 4.78 is 10.7. The minimum absolute atomic E-state index is 0.0518. The zero-order valence-corrected chi connectivity index (χ0v) is 13.0. The smallest absolute Gasteiger partial charge is 0.339 e.